The van der Waals surface area contributed by atoms with Crippen LogP contribution in [0.5, 0.6) is 11.5 Å². The Bertz CT molecular complexity index is 1540. The molecule has 4 aromatic rings. The van der Waals surface area contributed by atoms with Crippen LogP contribution in [0.1, 0.15) is 12.5 Å². The van der Waals surface area contributed by atoms with E-state index in [2.05, 4.69) is 4.99 Å². The van der Waals surface area contributed by atoms with Crippen LogP contribution >= 0.6 is 11.3 Å². The zero-order chi connectivity index (χ0) is 24.5. The molecule has 0 saturated carbocycles. The van der Waals surface area contributed by atoms with Gasteiger partial charge in [0.25, 0.3) is 5.69 Å². The molecule has 0 spiro atoms. The molecule has 0 radical (unpaired) electrons. The van der Waals surface area contributed by atoms with Gasteiger partial charge in [-0.15, -0.1) is 11.3 Å². The van der Waals surface area contributed by atoms with E-state index in [1.165, 1.54) is 34.2 Å². The first-order valence-corrected chi connectivity index (χ1v) is 11.2. The second kappa shape index (κ2) is 9.11. The van der Waals surface area contributed by atoms with E-state index in [-0.39, 0.29) is 18.2 Å². The summed E-state index contributed by atoms with van der Waals surface area (Å²) in [6.45, 7) is 1.94. The van der Waals surface area contributed by atoms with Crippen molar-refractivity contribution in [1.29, 1.82) is 0 Å². The van der Waals surface area contributed by atoms with E-state index in [1.807, 2.05) is 6.07 Å². The Labute approximate surface area is 201 Å². The molecule has 2 heterocycles. The number of nitrogens with zero attached hydrogens (tertiary/aromatic N) is 4. The summed E-state index contributed by atoms with van der Waals surface area (Å²) in [5.74, 6) is -0.276. The highest BCUT2D eigenvalue weighted by Gasteiger charge is 2.16. The Hall–Kier alpha value is -4.38. The van der Waals surface area contributed by atoms with Gasteiger partial charge in [-0.1, -0.05) is 0 Å². The van der Waals surface area contributed by atoms with Gasteiger partial charge in [-0.3, -0.25) is 10.1 Å². The second-order valence-electron chi connectivity index (χ2n) is 7.48. The molecule has 0 amide bonds. The highest BCUT2D eigenvalue weighted by atomic mass is 32.1. The van der Waals surface area contributed by atoms with E-state index in [1.54, 1.807) is 36.6 Å². The lowest BCUT2D eigenvalue weighted by atomic mass is 10.1. The number of hydrogen-bond acceptors (Lipinski definition) is 7. The number of hydrogen-bond donors (Lipinski definition) is 0. The maximum Gasteiger partial charge on any atom is 0.269 e. The van der Waals surface area contributed by atoms with Gasteiger partial charge < -0.3 is 9.47 Å². The van der Waals surface area contributed by atoms with Crippen molar-refractivity contribution in [3.8, 4) is 22.8 Å². The molecule has 5 rings (SSSR count). The van der Waals surface area contributed by atoms with Crippen molar-refractivity contribution in [2.24, 2.45) is 10.1 Å². The average Bonchev–Trinajstić information content (AvgIpc) is 3.47. The number of ether oxygens (including phenoxy) is 2. The summed E-state index contributed by atoms with van der Waals surface area (Å²) < 4.78 is 40.0. The molecule has 35 heavy (non-hydrogen) atoms. The standard InChI is InChI=1S/C24H16F2N4O4S/c1-14(16-4-9-22-23(10-16)34-13-33-22)28-29-21(15-2-6-18(7-3-15)30(31)32)12-35-24(29)27-20-8-5-17(25)11-19(20)26/h2-12H,13H2,1H3. The summed E-state index contributed by atoms with van der Waals surface area (Å²) in [5.41, 5.74) is 2.51. The molecular formula is C24H16F2N4O4S. The molecule has 0 aliphatic carbocycles. The van der Waals surface area contributed by atoms with Crippen LogP contribution in [-0.4, -0.2) is 22.1 Å². The molecule has 0 N–H and O–H groups in total. The van der Waals surface area contributed by atoms with Crippen molar-refractivity contribution < 1.29 is 23.2 Å². The molecule has 8 nitrogen and oxygen atoms in total. The van der Waals surface area contributed by atoms with Crippen LogP contribution in [0.4, 0.5) is 20.2 Å². The van der Waals surface area contributed by atoms with Gasteiger partial charge in [0, 0.05) is 34.7 Å². The molecule has 1 aliphatic heterocycles. The van der Waals surface area contributed by atoms with Gasteiger partial charge in [0.05, 0.1) is 16.3 Å². The van der Waals surface area contributed by atoms with Crippen molar-refractivity contribution in [3.05, 3.63) is 98.2 Å². The summed E-state index contributed by atoms with van der Waals surface area (Å²) in [7, 11) is 0. The number of thiazole rings is 1. The number of nitro groups is 1. The predicted octanol–water partition coefficient (Wildman–Crippen LogP) is 5.64. The molecule has 0 fully saturated rings. The Morgan fingerprint density at radius 1 is 1.06 bits per heavy atom. The van der Waals surface area contributed by atoms with Crippen molar-refractivity contribution in [1.82, 2.24) is 4.68 Å². The smallest absolute Gasteiger partial charge is 0.269 e. The third-order valence-electron chi connectivity index (χ3n) is 5.23. The van der Waals surface area contributed by atoms with Crippen LogP contribution < -0.4 is 14.3 Å². The fourth-order valence-electron chi connectivity index (χ4n) is 3.43. The topological polar surface area (TPSA) is 91.2 Å². The first-order chi connectivity index (χ1) is 16.9. The molecule has 3 aromatic carbocycles. The minimum absolute atomic E-state index is 0.0473. The van der Waals surface area contributed by atoms with Gasteiger partial charge >= 0.3 is 0 Å². The molecule has 11 heteroatoms. The molecule has 1 aromatic heterocycles. The number of non-ortho nitro benzene ring substituents is 1. The Balaban J connectivity index is 1.65. The largest absolute Gasteiger partial charge is 0.454 e. The van der Waals surface area contributed by atoms with E-state index in [0.29, 0.717) is 33.3 Å². The van der Waals surface area contributed by atoms with E-state index < -0.39 is 16.6 Å². The number of aromatic nitrogens is 1. The fraction of sp³-hybridized carbons (Fsp3) is 0.0833. The minimum atomic E-state index is -0.807. The molecular weight excluding hydrogens is 478 g/mol. The molecule has 0 atom stereocenters. The van der Waals surface area contributed by atoms with Crippen LogP contribution in [0.3, 0.4) is 0 Å². The van der Waals surface area contributed by atoms with Crippen LogP contribution in [0.15, 0.2) is 76.1 Å². The predicted molar refractivity (Wildman–Crippen MR) is 126 cm³/mol. The van der Waals surface area contributed by atoms with Gasteiger partial charge in [0.2, 0.25) is 11.6 Å². The van der Waals surface area contributed by atoms with E-state index in [0.717, 1.165) is 17.7 Å². The second-order valence-corrected chi connectivity index (χ2v) is 8.32. The third-order valence-corrected chi connectivity index (χ3v) is 6.04. The van der Waals surface area contributed by atoms with Crippen LogP contribution in [-0.2, 0) is 0 Å². The van der Waals surface area contributed by atoms with Crippen LogP contribution in [0.25, 0.3) is 11.3 Å². The van der Waals surface area contributed by atoms with Crippen molar-refractivity contribution in [2.45, 2.75) is 6.92 Å². The number of fused-ring (bicyclic) bond motifs is 1. The number of rotatable bonds is 5. The van der Waals surface area contributed by atoms with Gasteiger partial charge in [-0.2, -0.15) is 5.10 Å². The molecule has 1 aliphatic rings. The maximum atomic E-state index is 14.3. The molecule has 0 saturated heterocycles. The lowest BCUT2D eigenvalue weighted by Gasteiger charge is -2.07. The van der Waals surface area contributed by atoms with Crippen molar-refractivity contribution in [3.63, 3.8) is 0 Å². The summed E-state index contributed by atoms with van der Waals surface area (Å²) in [4.78, 5) is 15.2. The van der Waals surface area contributed by atoms with Crippen LogP contribution in [0, 0.1) is 21.7 Å². The molecule has 0 unspecified atom stereocenters. The zero-order valence-electron chi connectivity index (χ0n) is 18.1. The van der Waals surface area contributed by atoms with E-state index >= 15 is 0 Å². The van der Waals surface area contributed by atoms with Crippen LogP contribution in [0.2, 0.25) is 0 Å². The molecule has 0 bridgehead atoms. The average molecular weight is 494 g/mol. The van der Waals surface area contributed by atoms with Crippen molar-refractivity contribution in [2.75, 3.05) is 6.79 Å². The van der Waals surface area contributed by atoms with Gasteiger partial charge in [-0.05, 0) is 49.4 Å². The van der Waals surface area contributed by atoms with Gasteiger partial charge in [0.1, 0.15) is 11.5 Å². The highest BCUT2D eigenvalue weighted by Crippen LogP contribution is 2.33. The first kappa shape index (κ1) is 22.4. The summed E-state index contributed by atoms with van der Waals surface area (Å²) in [5, 5.41) is 17.5. The lowest BCUT2D eigenvalue weighted by molar-refractivity contribution is -0.384. The molecule has 176 valence electrons. The van der Waals surface area contributed by atoms with Gasteiger partial charge in [0.15, 0.2) is 17.3 Å². The summed E-state index contributed by atoms with van der Waals surface area (Å²) >= 11 is 1.20. The quantitative estimate of drug-likeness (QED) is 0.204. The number of benzene rings is 3. The summed E-state index contributed by atoms with van der Waals surface area (Å²) in [6.07, 6.45) is 0. The normalized spacial score (nSPS) is 13.3. The Morgan fingerprint density at radius 2 is 1.83 bits per heavy atom. The number of nitro benzene ring substituents is 1. The third kappa shape index (κ3) is 4.53. The zero-order valence-corrected chi connectivity index (χ0v) is 19.0. The Morgan fingerprint density at radius 3 is 2.57 bits per heavy atom. The number of halogens is 2. The Kier molecular flexibility index (Phi) is 5.83. The van der Waals surface area contributed by atoms with Crippen molar-refractivity contribution >= 4 is 28.4 Å². The summed E-state index contributed by atoms with van der Waals surface area (Å²) in [6, 6.07) is 14.5. The SMILES string of the molecule is CC(=Nn1c(-c2ccc([N+](=O)[O-])cc2)csc1=Nc1ccc(F)cc1F)c1ccc2c(c1)OCO2. The van der Waals surface area contributed by atoms with E-state index in [9.17, 15) is 18.9 Å². The van der Waals surface area contributed by atoms with E-state index in [4.69, 9.17) is 14.6 Å². The maximum absolute atomic E-state index is 14.3. The highest BCUT2D eigenvalue weighted by molar-refractivity contribution is 7.07. The first-order valence-electron chi connectivity index (χ1n) is 10.3. The lowest BCUT2D eigenvalue weighted by Crippen LogP contribution is -2.14. The fourth-order valence-corrected chi connectivity index (χ4v) is 4.27. The monoisotopic (exact) mass is 494 g/mol. The minimum Gasteiger partial charge on any atom is -0.454 e. The van der Waals surface area contributed by atoms with Gasteiger partial charge in [-0.25, -0.2) is 18.4 Å².